The van der Waals surface area contributed by atoms with Crippen molar-refractivity contribution < 1.29 is 9.72 Å². The first-order valence-corrected chi connectivity index (χ1v) is 4.91. The summed E-state index contributed by atoms with van der Waals surface area (Å²) in [5.74, 6) is 1.17. The van der Waals surface area contributed by atoms with Gasteiger partial charge in [0.25, 0.3) is 0 Å². The number of rotatable bonds is 2. The van der Waals surface area contributed by atoms with Crippen molar-refractivity contribution in [3.8, 4) is 23.6 Å². The van der Waals surface area contributed by atoms with E-state index in [1.807, 2.05) is 18.2 Å². The zero-order valence-electron chi connectivity index (χ0n) is 8.84. The van der Waals surface area contributed by atoms with Crippen molar-refractivity contribution in [2.24, 2.45) is 0 Å². The van der Waals surface area contributed by atoms with E-state index in [1.54, 1.807) is 36.7 Å². The molecule has 0 aliphatic heterocycles. The summed E-state index contributed by atoms with van der Waals surface area (Å²) < 4.78 is 5.53. The van der Waals surface area contributed by atoms with E-state index in [2.05, 4.69) is 4.98 Å². The van der Waals surface area contributed by atoms with Crippen LogP contribution >= 0.6 is 0 Å². The van der Waals surface area contributed by atoms with Gasteiger partial charge in [0, 0.05) is 6.07 Å². The molecule has 0 fully saturated rings. The molecule has 2 rings (SSSR count). The molecule has 17 heavy (non-hydrogen) atoms. The standard InChI is InChI=1S/C13H7N3O/c14-7-10-3-4-12(6-11(10)8-15)17-13-2-1-5-16-9-13/h1-6,9H/p+1. The number of benzene rings is 1. The molecule has 1 N–H and O–H groups in total. The fraction of sp³-hybridized carbons (Fsp3) is 0. The number of hydrogen-bond donors (Lipinski definition) is 0. The van der Waals surface area contributed by atoms with E-state index in [4.69, 9.17) is 15.3 Å². The second-order valence-electron chi connectivity index (χ2n) is 3.27. The normalized spacial score (nSPS) is 9.06. The highest BCUT2D eigenvalue weighted by atomic mass is 16.5. The second kappa shape index (κ2) is 4.78. The smallest absolute Gasteiger partial charge is 0.210 e. The van der Waals surface area contributed by atoms with E-state index in [9.17, 15) is 0 Å². The van der Waals surface area contributed by atoms with Crippen LogP contribution in [0.5, 0.6) is 11.5 Å². The predicted molar refractivity (Wildman–Crippen MR) is 58.9 cm³/mol. The van der Waals surface area contributed by atoms with E-state index in [0.29, 0.717) is 22.6 Å². The van der Waals surface area contributed by atoms with Crippen molar-refractivity contribution in [1.29, 1.82) is 10.5 Å². The Bertz CT molecular complexity index is 609. The maximum atomic E-state index is 8.88. The SMILES string of the molecule is N#Cc1ccc(Oc2ccc[nH+]c2)cc1C#N. The molecule has 0 saturated carbocycles. The molecule has 4 nitrogen and oxygen atoms in total. The van der Waals surface area contributed by atoms with Crippen LogP contribution in [0.4, 0.5) is 0 Å². The number of ether oxygens (including phenoxy) is 1. The third-order valence-corrected chi connectivity index (χ3v) is 2.15. The van der Waals surface area contributed by atoms with Crippen LogP contribution in [0.15, 0.2) is 42.7 Å². The Morgan fingerprint density at radius 3 is 2.47 bits per heavy atom. The molecule has 0 aliphatic rings. The number of hydrogen-bond acceptors (Lipinski definition) is 3. The van der Waals surface area contributed by atoms with Gasteiger partial charge in [-0.15, -0.1) is 0 Å². The first-order chi connectivity index (χ1) is 8.33. The Hall–Kier alpha value is -2.85. The fourth-order valence-electron chi connectivity index (χ4n) is 1.35. The Morgan fingerprint density at radius 2 is 1.82 bits per heavy atom. The van der Waals surface area contributed by atoms with E-state index >= 15 is 0 Å². The molecule has 0 unspecified atom stereocenters. The number of aromatic nitrogens is 1. The van der Waals surface area contributed by atoms with Crippen LogP contribution in [0, 0.1) is 22.7 Å². The van der Waals surface area contributed by atoms with Gasteiger partial charge in [0.05, 0.1) is 11.1 Å². The van der Waals surface area contributed by atoms with Gasteiger partial charge in [0.2, 0.25) is 6.20 Å². The zero-order chi connectivity index (χ0) is 12.1. The molecule has 4 heteroatoms. The van der Waals surface area contributed by atoms with E-state index < -0.39 is 0 Å². The largest absolute Gasteiger partial charge is 0.451 e. The van der Waals surface area contributed by atoms with Crippen LogP contribution in [-0.2, 0) is 0 Å². The van der Waals surface area contributed by atoms with Gasteiger partial charge in [-0.2, -0.15) is 10.5 Å². The molecule has 0 atom stereocenters. The minimum absolute atomic E-state index is 0.310. The number of nitrogens with zero attached hydrogens (tertiary/aromatic N) is 2. The molecule has 1 heterocycles. The van der Waals surface area contributed by atoms with Gasteiger partial charge in [-0.05, 0) is 24.3 Å². The second-order valence-corrected chi connectivity index (χ2v) is 3.27. The van der Waals surface area contributed by atoms with Crippen LogP contribution in [0.25, 0.3) is 0 Å². The molecule has 80 valence electrons. The van der Waals surface area contributed by atoms with Crippen molar-refractivity contribution in [3.05, 3.63) is 53.9 Å². The molecular weight excluding hydrogens is 214 g/mol. The van der Waals surface area contributed by atoms with Crippen LogP contribution < -0.4 is 9.72 Å². The number of H-pyrrole nitrogens is 1. The van der Waals surface area contributed by atoms with Crippen LogP contribution in [-0.4, -0.2) is 0 Å². The predicted octanol–water partition coefficient (Wildman–Crippen LogP) is 2.04. The maximum absolute atomic E-state index is 8.88. The van der Waals surface area contributed by atoms with E-state index in [-0.39, 0.29) is 0 Å². The first-order valence-electron chi connectivity index (χ1n) is 4.91. The first kappa shape index (κ1) is 10.7. The molecular formula is C13H8N3O+. The van der Waals surface area contributed by atoms with Crippen molar-refractivity contribution >= 4 is 0 Å². The van der Waals surface area contributed by atoms with Crippen molar-refractivity contribution in [1.82, 2.24) is 0 Å². The highest BCUT2D eigenvalue weighted by molar-refractivity contribution is 5.49. The van der Waals surface area contributed by atoms with Crippen LogP contribution in [0.3, 0.4) is 0 Å². The quantitative estimate of drug-likeness (QED) is 0.780. The van der Waals surface area contributed by atoms with Gasteiger partial charge in [-0.1, -0.05) is 0 Å². The van der Waals surface area contributed by atoms with Crippen molar-refractivity contribution in [2.45, 2.75) is 0 Å². The average Bonchev–Trinajstić information content (AvgIpc) is 2.40. The minimum Gasteiger partial charge on any atom is -0.451 e. The zero-order valence-corrected chi connectivity index (χ0v) is 8.84. The summed E-state index contributed by atoms with van der Waals surface area (Å²) in [5.41, 5.74) is 0.657. The van der Waals surface area contributed by atoms with Crippen molar-refractivity contribution in [3.63, 3.8) is 0 Å². The molecule has 0 aliphatic carbocycles. The van der Waals surface area contributed by atoms with Gasteiger partial charge in [0.15, 0.2) is 11.9 Å². The summed E-state index contributed by atoms with van der Waals surface area (Å²) in [5, 5.41) is 17.7. The van der Waals surface area contributed by atoms with E-state index in [1.165, 1.54) is 0 Å². The molecule has 0 amide bonds. The Kier molecular flexibility index (Phi) is 3.00. The lowest BCUT2D eigenvalue weighted by atomic mass is 10.1. The van der Waals surface area contributed by atoms with Gasteiger partial charge >= 0.3 is 0 Å². The lowest BCUT2D eigenvalue weighted by Crippen LogP contribution is -1.98. The summed E-state index contributed by atoms with van der Waals surface area (Å²) >= 11 is 0. The lowest BCUT2D eigenvalue weighted by molar-refractivity contribution is -0.378. The maximum Gasteiger partial charge on any atom is 0.210 e. The third kappa shape index (κ3) is 2.39. The highest BCUT2D eigenvalue weighted by Crippen LogP contribution is 2.22. The molecule has 0 bridgehead atoms. The van der Waals surface area contributed by atoms with E-state index in [0.717, 1.165) is 0 Å². The summed E-state index contributed by atoms with van der Waals surface area (Å²) in [6.45, 7) is 0. The van der Waals surface area contributed by atoms with Crippen molar-refractivity contribution in [2.75, 3.05) is 0 Å². The minimum atomic E-state index is 0.310. The van der Waals surface area contributed by atoms with Gasteiger partial charge in [-0.3, -0.25) is 0 Å². The average molecular weight is 222 g/mol. The molecule has 2 aromatic rings. The highest BCUT2D eigenvalue weighted by Gasteiger charge is 2.05. The molecule has 0 saturated heterocycles. The summed E-state index contributed by atoms with van der Waals surface area (Å²) in [4.78, 5) is 2.89. The molecule has 0 spiro atoms. The fourth-order valence-corrected chi connectivity index (χ4v) is 1.35. The van der Waals surface area contributed by atoms with Gasteiger partial charge in [0.1, 0.15) is 17.9 Å². The number of aromatic amines is 1. The summed E-state index contributed by atoms with van der Waals surface area (Å²) in [6.07, 6.45) is 3.47. The number of pyridine rings is 1. The summed E-state index contributed by atoms with van der Waals surface area (Å²) in [7, 11) is 0. The molecule has 1 aromatic carbocycles. The lowest BCUT2D eigenvalue weighted by Gasteiger charge is -2.03. The molecule has 0 radical (unpaired) electrons. The van der Waals surface area contributed by atoms with Crippen LogP contribution in [0.1, 0.15) is 11.1 Å². The number of nitrogens with one attached hydrogen (secondary N) is 1. The summed E-state index contributed by atoms with van der Waals surface area (Å²) in [6, 6.07) is 12.3. The van der Waals surface area contributed by atoms with Gasteiger partial charge in [-0.25, -0.2) is 4.98 Å². The monoisotopic (exact) mass is 222 g/mol. The topological polar surface area (TPSA) is 70.9 Å². The van der Waals surface area contributed by atoms with Crippen LogP contribution in [0.2, 0.25) is 0 Å². The Labute approximate surface area is 98.3 Å². The Morgan fingerprint density at radius 1 is 1.00 bits per heavy atom. The number of nitriles is 2. The Balaban J connectivity index is 2.30. The molecule has 1 aromatic heterocycles. The van der Waals surface area contributed by atoms with Gasteiger partial charge < -0.3 is 4.74 Å². The third-order valence-electron chi connectivity index (χ3n) is 2.15.